The van der Waals surface area contributed by atoms with Gasteiger partial charge < -0.3 is 23.7 Å². The molecule has 0 saturated carbocycles. The van der Waals surface area contributed by atoms with Gasteiger partial charge in [-0.2, -0.15) is 0 Å². The van der Waals surface area contributed by atoms with E-state index < -0.39 is 0 Å². The molecule has 0 saturated heterocycles. The smallest absolute Gasteiger partial charge is 0.302 e. The van der Waals surface area contributed by atoms with Gasteiger partial charge in [0.15, 0.2) is 0 Å². The Balaban J connectivity index is 0. The Morgan fingerprint density at radius 2 is 1.53 bits per heavy atom. The van der Waals surface area contributed by atoms with E-state index >= 15 is 0 Å². The lowest BCUT2D eigenvalue weighted by atomic mass is 10.4. The second-order valence-electron chi connectivity index (χ2n) is 3.68. The monoisotopic (exact) mass is 280 g/mol. The van der Waals surface area contributed by atoms with Crippen LogP contribution in [0.5, 0.6) is 0 Å². The number of hydrogen-bond acceptors (Lipinski definition) is 6. The number of rotatable bonds is 10. The third-order valence-corrected chi connectivity index (χ3v) is 1.79. The highest BCUT2D eigenvalue weighted by Gasteiger charge is 2.03. The lowest BCUT2D eigenvalue weighted by Crippen LogP contribution is -2.18. The molecule has 116 valence electrons. The summed E-state index contributed by atoms with van der Waals surface area (Å²) in [6, 6.07) is 0. The van der Waals surface area contributed by atoms with E-state index in [4.69, 9.17) is 23.7 Å². The van der Waals surface area contributed by atoms with Crippen molar-refractivity contribution in [3.63, 3.8) is 0 Å². The minimum absolute atomic E-state index is 0.127. The average Bonchev–Trinajstić information content (AvgIpc) is 2.36. The second kappa shape index (κ2) is 17.3. The quantitative estimate of drug-likeness (QED) is 0.443. The number of carbonyl (C=O) groups is 1. The van der Waals surface area contributed by atoms with Gasteiger partial charge >= 0.3 is 5.97 Å². The molecule has 0 aliphatic carbocycles. The van der Waals surface area contributed by atoms with Gasteiger partial charge in [-0.3, -0.25) is 4.79 Å². The second-order valence-corrected chi connectivity index (χ2v) is 3.68. The fourth-order valence-electron chi connectivity index (χ4n) is 0.988. The van der Waals surface area contributed by atoms with E-state index in [0.29, 0.717) is 39.6 Å². The summed E-state index contributed by atoms with van der Waals surface area (Å²) in [6.07, 6.45) is -0.127. The van der Waals surface area contributed by atoms with Gasteiger partial charge in [0, 0.05) is 27.8 Å². The Kier molecular flexibility index (Phi) is 18.8. The van der Waals surface area contributed by atoms with Crippen molar-refractivity contribution in [1.29, 1.82) is 0 Å². The van der Waals surface area contributed by atoms with Gasteiger partial charge in [-0.05, 0) is 13.8 Å². The van der Waals surface area contributed by atoms with Crippen molar-refractivity contribution in [2.45, 2.75) is 26.9 Å². The zero-order chi connectivity index (χ0) is 14.9. The van der Waals surface area contributed by atoms with Crippen molar-refractivity contribution in [3.8, 4) is 0 Å². The topological polar surface area (TPSA) is 63.2 Å². The number of ether oxygens (including phenoxy) is 5. The van der Waals surface area contributed by atoms with Crippen LogP contribution in [-0.4, -0.2) is 65.9 Å². The van der Waals surface area contributed by atoms with E-state index in [9.17, 15) is 4.79 Å². The molecule has 0 aromatic carbocycles. The standard InChI is InChI=1S/C7H14O3.C6H14O3/c1-4-9-5-6(2)10-7(3)8;1-7-3-5-9-6-4-8-2/h6H,4-5H2,1-3H3;3-6H2,1-2H3. The van der Waals surface area contributed by atoms with Gasteiger partial charge in [-0.1, -0.05) is 0 Å². The van der Waals surface area contributed by atoms with Crippen LogP contribution in [0.15, 0.2) is 0 Å². The van der Waals surface area contributed by atoms with Crippen LogP contribution in [0.3, 0.4) is 0 Å². The molecule has 0 rings (SSSR count). The normalized spacial score (nSPS) is 11.4. The Bertz CT molecular complexity index is 180. The molecule has 19 heavy (non-hydrogen) atoms. The van der Waals surface area contributed by atoms with Crippen LogP contribution < -0.4 is 0 Å². The minimum Gasteiger partial charge on any atom is -0.460 e. The first kappa shape index (κ1) is 20.6. The van der Waals surface area contributed by atoms with Gasteiger partial charge in [-0.25, -0.2) is 0 Å². The predicted molar refractivity (Wildman–Crippen MR) is 72.3 cm³/mol. The van der Waals surface area contributed by atoms with Crippen molar-refractivity contribution >= 4 is 5.97 Å². The molecule has 0 aromatic heterocycles. The van der Waals surface area contributed by atoms with Crippen LogP contribution in [0, 0.1) is 0 Å². The Morgan fingerprint density at radius 1 is 1.00 bits per heavy atom. The van der Waals surface area contributed by atoms with Crippen LogP contribution >= 0.6 is 0 Å². The van der Waals surface area contributed by atoms with E-state index in [0.717, 1.165) is 0 Å². The number of methoxy groups -OCH3 is 2. The molecule has 1 atom stereocenters. The fourth-order valence-corrected chi connectivity index (χ4v) is 0.988. The lowest BCUT2D eigenvalue weighted by molar-refractivity contribution is -0.148. The summed E-state index contributed by atoms with van der Waals surface area (Å²) in [7, 11) is 3.30. The molecular weight excluding hydrogens is 252 g/mol. The largest absolute Gasteiger partial charge is 0.460 e. The van der Waals surface area contributed by atoms with Gasteiger partial charge in [0.1, 0.15) is 6.10 Å². The maximum Gasteiger partial charge on any atom is 0.302 e. The van der Waals surface area contributed by atoms with Crippen molar-refractivity contribution in [3.05, 3.63) is 0 Å². The summed E-state index contributed by atoms with van der Waals surface area (Å²) < 4.78 is 24.4. The lowest BCUT2D eigenvalue weighted by Gasteiger charge is -2.10. The highest BCUT2D eigenvalue weighted by molar-refractivity contribution is 5.66. The predicted octanol–water partition coefficient (Wildman–Crippen LogP) is 1.27. The van der Waals surface area contributed by atoms with Gasteiger partial charge in [0.2, 0.25) is 0 Å². The SMILES string of the molecule is CCOCC(C)OC(C)=O.COCCOCCOC. The number of hydrogen-bond donors (Lipinski definition) is 0. The van der Waals surface area contributed by atoms with Crippen molar-refractivity contribution < 1.29 is 28.5 Å². The molecular formula is C13H28O6. The molecule has 1 unspecified atom stereocenters. The third kappa shape index (κ3) is 22.9. The molecule has 0 aliphatic heterocycles. The Morgan fingerprint density at radius 3 is 1.89 bits per heavy atom. The van der Waals surface area contributed by atoms with Crippen LogP contribution in [0.1, 0.15) is 20.8 Å². The number of esters is 1. The van der Waals surface area contributed by atoms with E-state index in [1.807, 2.05) is 6.92 Å². The van der Waals surface area contributed by atoms with Crippen LogP contribution in [0.4, 0.5) is 0 Å². The van der Waals surface area contributed by atoms with Crippen molar-refractivity contribution in [2.24, 2.45) is 0 Å². The molecule has 0 fully saturated rings. The third-order valence-electron chi connectivity index (χ3n) is 1.79. The maximum absolute atomic E-state index is 10.3. The van der Waals surface area contributed by atoms with Crippen LogP contribution in [-0.2, 0) is 28.5 Å². The molecule has 0 spiro atoms. The zero-order valence-corrected chi connectivity index (χ0v) is 12.8. The fraction of sp³-hybridized carbons (Fsp3) is 0.923. The first-order chi connectivity index (χ1) is 9.08. The van der Waals surface area contributed by atoms with Crippen LogP contribution in [0.25, 0.3) is 0 Å². The Hall–Kier alpha value is -0.690. The molecule has 0 aromatic rings. The molecule has 0 heterocycles. The Labute approximate surface area is 116 Å². The van der Waals surface area contributed by atoms with Crippen LogP contribution in [0.2, 0.25) is 0 Å². The molecule has 0 N–H and O–H groups in total. The van der Waals surface area contributed by atoms with E-state index in [1.165, 1.54) is 6.92 Å². The zero-order valence-electron chi connectivity index (χ0n) is 12.8. The molecule has 0 radical (unpaired) electrons. The van der Waals surface area contributed by atoms with Gasteiger partial charge in [0.05, 0.1) is 33.0 Å². The summed E-state index contributed by atoms with van der Waals surface area (Å²) in [5, 5.41) is 0. The molecule has 6 nitrogen and oxygen atoms in total. The van der Waals surface area contributed by atoms with E-state index in [1.54, 1.807) is 21.1 Å². The van der Waals surface area contributed by atoms with Gasteiger partial charge in [0.25, 0.3) is 0 Å². The maximum atomic E-state index is 10.3. The van der Waals surface area contributed by atoms with Gasteiger partial charge in [-0.15, -0.1) is 0 Å². The van der Waals surface area contributed by atoms with Crippen molar-refractivity contribution in [1.82, 2.24) is 0 Å². The summed E-state index contributed by atoms with van der Waals surface area (Å²) in [4.78, 5) is 10.3. The van der Waals surface area contributed by atoms with E-state index in [-0.39, 0.29) is 12.1 Å². The first-order valence-corrected chi connectivity index (χ1v) is 6.39. The first-order valence-electron chi connectivity index (χ1n) is 6.39. The molecule has 0 aliphatic rings. The summed E-state index contributed by atoms with van der Waals surface area (Å²) >= 11 is 0. The van der Waals surface area contributed by atoms with Crippen molar-refractivity contribution in [2.75, 3.05) is 53.9 Å². The highest BCUT2D eigenvalue weighted by Crippen LogP contribution is 1.91. The summed E-state index contributed by atoms with van der Waals surface area (Å²) in [5.74, 6) is -0.257. The van der Waals surface area contributed by atoms with E-state index in [2.05, 4.69) is 0 Å². The molecule has 0 bridgehead atoms. The highest BCUT2D eigenvalue weighted by atomic mass is 16.6. The minimum atomic E-state index is -0.257. The molecule has 0 amide bonds. The molecule has 6 heteroatoms. The average molecular weight is 280 g/mol. The summed E-state index contributed by atoms with van der Waals surface area (Å²) in [6.45, 7) is 8.86. The summed E-state index contributed by atoms with van der Waals surface area (Å²) in [5.41, 5.74) is 0. The number of carbonyl (C=O) groups excluding carboxylic acids is 1.